The van der Waals surface area contributed by atoms with Gasteiger partial charge in [0.15, 0.2) is 0 Å². The highest BCUT2D eigenvalue weighted by atomic mass is 32.2. The molecule has 0 saturated carbocycles. The van der Waals surface area contributed by atoms with Crippen LogP contribution in [-0.4, -0.2) is 42.1 Å². The topological polar surface area (TPSA) is 49.4 Å². The summed E-state index contributed by atoms with van der Waals surface area (Å²) in [6.45, 7) is 2.29. The minimum absolute atomic E-state index is 0.0270. The van der Waals surface area contributed by atoms with E-state index in [2.05, 4.69) is 5.32 Å². The van der Waals surface area contributed by atoms with Gasteiger partial charge in [0, 0.05) is 18.5 Å². The molecule has 2 aromatic carbocycles. The first-order valence-electron chi connectivity index (χ1n) is 8.34. The molecule has 0 aliphatic heterocycles. The summed E-state index contributed by atoms with van der Waals surface area (Å²) in [5.41, 5.74) is 1.15. The minimum atomic E-state index is -0.488. The number of carbonyl (C=O) groups excluding carboxylic acids is 2. The van der Waals surface area contributed by atoms with Gasteiger partial charge in [0.2, 0.25) is 11.8 Å². The predicted octanol–water partition coefficient (Wildman–Crippen LogP) is 2.98. The summed E-state index contributed by atoms with van der Waals surface area (Å²) < 4.78 is 0. The molecule has 2 rings (SSSR count). The van der Waals surface area contributed by atoms with E-state index in [9.17, 15) is 9.59 Å². The van der Waals surface area contributed by atoms with E-state index in [-0.39, 0.29) is 11.8 Å². The lowest BCUT2D eigenvalue weighted by Gasteiger charge is -2.28. The van der Waals surface area contributed by atoms with E-state index in [1.54, 1.807) is 18.9 Å². The van der Waals surface area contributed by atoms with E-state index in [1.807, 2.05) is 60.7 Å². The first-order chi connectivity index (χ1) is 12.1. The molecule has 5 heteroatoms. The molecule has 1 N–H and O–H groups in total. The molecular weight excluding hydrogens is 332 g/mol. The molecule has 0 aromatic heterocycles. The Balaban J connectivity index is 2.01. The van der Waals surface area contributed by atoms with Crippen molar-refractivity contribution in [3.63, 3.8) is 0 Å². The summed E-state index contributed by atoms with van der Waals surface area (Å²) in [5, 5.41) is 2.63. The van der Waals surface area contributed by atoms with Crippen molar-refractivity contribution in [2.45, 2.75) is 24.3 Å². The maximum atomic E-state index is 12.7. The van der Waals surface area contributed by atoms with Crippen LogP contribution >= 0.6 is 11.8 Å². The van der Waals surface area contributed by atoms with Crippen LogP contribution in [0.25, 0.3) is 0 Å². The molecule has 25 heavy (non-hydrogen) atoms. The van der Waals surface area contributed by atoms with Crippen molar-refractivity contribution in [1.82, 2.24) is 10.2 Å². The summed E-state index contributed by atoms with van der Waals surface area (Å²) in [4.78, 5) is 27.5. The molecule has 0 spiro atoms. The van der Waals surface area contributed by atoms with Crippen molar-refractivity contribution in [2.24, 2.45) is 0 Å². The van der Waals surface area contributed by atoms with E-state index < -0.39 is 6.04 Å². The molecule has 0 heterocycles. The van der Waals surface area contributed by atoms with Gasteiger partial charge in [0.1, 0.15) is 6.04 Å². The fourth-order valence-electron chi connectivity index (χ4n) is 2.52. The summed E-state index contributed by atoms with van der Waals surface area (Å²) in [7, 11) is 1.59. The fraction of sp³-hybridized carbons (Fsp3) is 0.300. The van der Waals surface area contributed by atoms with Gasteiger partial charge >= 0.3 is 0 Å². The van der Waals surface area contributed by atoms with Crippen LogP contribution in [0, 0.1) is 0 Å². The zero-order valence-electron chi connectivity index (χ0n) is 14.6. The third-order valence-corrected chi connectivity index (χ3v) is 5.00. The fourth-order valence-corrected chi connectivity index (χ4v) is 3.33. The van der Waals surface area contributed by atoms with Crippen molar-refractivity contribution >= 4 is 23.6 Å². The Morgan fingerprint density at radius 1 is 1.04 bits per heavy atom. The molecule has 0 unspecified atom stereocenters. The molecule has 2 amide bonds. The standard InChI is InChI=1S/C20H24N2O2S/c1-16(20(24)21-2)22(14-13-17-9-5-3-6-10-17)19(23)15-25-18-11-7-4-8-12-18/h3-12,16H,13-15H2,1-2H3,(H,21,24)/t16-/m0/s1. The van der Waals surface area contributed by atoms with Crippen LogP contribution in [0.3, 0.4) is 0 Å². The number of carbonyl (C=O) groups is 2. The molecule has 4 nitrogen and oxygen atoms in total. The van der Waals surface area contributed by atoms with Gasteiger partial charge in [0.05, 0.1) is 5.75 Å². The van der Waals surface area contributed by atoms with Gasteiger partial charge < -0.3 is 10.2 Å². The zero-order valence-corrected chi connectivity index (χ0v) is 15.5. The van der Waals surface area contributed by atoms with Crippen molar-refractivity contribution in [3.8, 4) is 0 Å². The summed E-state index contributed by atoms with van der Waals surface area (Å²) in [6, 6.07) is 19.3. The van der Waals surface area contributed by atoms with Crippen LogP contribution in [-0.2, 0) is 16.0 Å². The number of hydrogen-bond acceptors (Lipinski definition) is 3. The van der Waals surface area contributed by atoms with Gasteiger partial charge in [-0.2, -0.15) is 0 Å². The van der Waals surface area contributed by atoms with Gasteiger partial charge in [-0.05, 0) is 31.0 Å². The Morgan fingerprint density at radius 3 is 2.24 bits per heavy atom. The lowest BCUT2D eigenvalue weighted by atomic mass is 10.1. The van der Waals surface area contributed by atoms with E-state index in [1.165, 1.54) is 11.8 Å². The highest BCUT2D eigenvalue weighted by Crippen LogP contribution is 2.18. The second-order valence-corrected chi connectivity index (χ2v) is 6.76. The second kappa shape index (κ2) is 9.89. The third-order valence-electron chi connectivity index (χ3n) is 4.00. The van der Waals surface area contributed by atoms with Gasteiger partial charge in [-0.1, -0.05) is 48.5 Å². The first-order valence-corrected chi connectivity index (χ1v) is 9.33. The molecule has 0 saturated heterocycles. The van der Waals surface area contributed by atoms with E-state index >= 15 is 0 Å². The number of amides is 2. The van der Waals surface area contributed by atoms with Crippen LogP contribution in [0.1, 0.15) is 12.5 Å². The highest BCUT2D eigenvalue weighted by Gasteiger charge is 2.24. The maximum Gasteiger partial charge on any atom is 0.242 e. The zero-order chi connectivity index (χ0) is 18.1. The quantitative estimate of drug-likeness (QED) is 0.740. The Morgan fingerprint density at radius 2 is 1.64 bits per heavy atom. The lowest BCUT2D eigenvalue weighted by molar-refractivity contribution is -0.137. The number of nitrogens with zero attached hydrogens (tertiary/aromatic N) is 1. The van der Waals surface area contributed by atoms with Crippen LogP contribution in [0.2, 0.25) is 0 Å². The predicted molar refractivity (Wildman–Crippen MR) is 103 cm³/mol. The monoisotopic (exact) mass is 356 g/mol. The van der Waals surface area contributed by atoms with Crippen molar-refractivity contribution in [3.05, 3.63) is 66.2 Å². The summed E-state index contributed by atoms with van der Waals surface area (Å²) in [5.74, 6) is 0.146. The molecule has 0 fully saturated rings. The van der Waals surface area contributed by atoms with Gasteiger partial charge in [0.25, 0.3) is 0 Å². The van der Waals surface area contributed by atoms with Crippen LogP contribution in [0.4, 0.5) is 0 Å². The number of hydrogen-bond donors (Lipinski definition) is 1. The molecule has 2 aromatic rings. The average molecular weight is 356 g/mol. The highest BCUT2D eigenvalue weighted by molar-refractivity contribution is 8.00. The summed E-state index contributed by atoms with van der Waals surface area (Å²) in [6.07, 6.45) is 0.726. The van der Waals surface area contributed by atoms with Gasteiger partial charge in [-0.3, -0.25) is 9.59 Å². The third kappa shape index (κ3) is 5.94. The molecule has 0 bridgehead atoms. The SMILES string of the molecule is CNC(=O)[C@H](C)N(CCc1ccccc1)C(=O)CSc1ccccc1. The van der Waals surface area contributed by atoms with E-state index in [0.717, 1.165) is 16.9 Å². The van der Waals surface area contributed by atoms with Crippen molar-refractivity contribution < 1.29 is 9.59 Å². The number of rotatable bonds is 8. The smallest absolute Gasteiger partial charge is 0.242 e. The van der Waals surface area contributed by atoms with Crippen molar-refractivity contribution in [2.75, 3.05) is 19.3 Å². The van der Waals surface area contributed by atoms with Gasteiger partial charge in [-0.15, -0.1) is 11.8 Å². The maximum absolute atomic E-state index is 12.7. The van der Waals surface area contributed by atoms with Gasteiger partial charge in [-0.25, -0.2) is 0 Å². The Hall–Kier alpha value is -2.27. The Labute approximate surface area is 153 Å². The van der Waals surface area contributed by atoms with Crippen LogP contribution in [0.5, 0.6) is 0 Å². The molecule has 0 aliphatic carbocycles. The summed E-state index contributed by atoms with van der Waals surface area (Å²) >= 11 is 1.49. The van der Waals surface area contributed by atoms with E-state index in [4.69, 9.17) is 0 Å². The number of nitrogens with one attached hydrogen (secondary N) is 1. The second-order valence-electron chi connectivity index (χ2n) is 5.71. The molecule has 0 radical (unpaired) electrons. The van der Waals surface area contributed by atoms with Crippen LogP contribution < -0.4 is 5.32 Å². The molecule has 0 aliphatic rings. The Bertz CT molecular complexity index is 677. The molecular formula is C20H24N2O2S. The first kappa shape index (κ1) is 19.1. The molecule has 1 atom stereocenters. The minimum Gasteiger partial charge on any atom is -0.357 e. The van der Waals surface area contributed by atoms with E-state index in [0.29, 0.717) is 12.3 Å². The number of thioether (sulfide) groups is 1. The Kier molecular flexibility index (Phi) is 7.54. The largest absolute Gasteiger partial charge is 0.357 e. The average Bonchev–Trinajstić information content (AvgIpc) is 2.67. The normalized spacial score (nSPS) is 11.6. The van der Waals surface area contributed by atoms with Crippen LogP contribution in [0.15, 0.2) is 65.6 Å². The lowest BCUT2D eigenvalue weighted by Crippen LogP contribution is -2.48. The number of benzene rings is 2. The van der Waals surface area contributed by atoms with Crippen molar-refractivity contribution in [1.29, 1.82) is 0 Å². The number of likely N-dealkylation sites (N-methyl/N-ethyl adjacent to an activating group) is 1. The molecule has 132 valence electrons.